The summed E-state index contributed by atoms with van der Waals surface area (Å²) in [5, 5.41) is 9.18. The van der Waals surface area contributed by atoms with Gasteiger partial charge in [-0.15, -0.1) is 6.58 Å². The topological polar surface area (TPSA) is 37.3 Å². The van der Waals surface area contributed by atoms with Crippen molar-refractivity contribution in [3.05, 3.63) is 47.0 Å². The van der Waals surface area contributed by atoms with Gasteiger partial charge in [0.1, 0.15) is 0 Å². The zero-order valence-electron chi connectivity index (χ0n) is 9.03. The Labute approximate surface area is 104 Å². The van der Waals surface area contributed by atoms with Gasteiger partial charge in [-0.3, -0.25) is 4.79 Å². The van der Waals surface area contributed by atoms with Gasteiger partial charge >= 0.3 is 5.97 Å². The molecule has 1 N–H and O–H groups in total. The Morgan fingerprint density at radius 2 is 2.31 bits per heavy atom. The van der Waals surface area contributed by atoms with Gasteiger partial charge in [-0.05, 0) is 37.0 Å². The smallest absolute Gasteiger partial charge is 0.310 e. The van der Waals surface area contributed by atoms with Gasteiger partial charge < -0.3 is 5.11 Å². The highest BCUT2D eigenvalue weighted by atomic mass is 79.9. The van der Waals surface area contributed by atoms with Crippen LogP contribution in [0.1, 0.15) is 30.7 Å². The van der Waals surface area contributed by atoms with Gasteiger partial charge in [-0.2, -0.15) is 0 Å². The van der Waals surface area contributed by atoms with Gasteiger partial charge in [0.15, 0.2) is 0 Å². The molecule has 16 heavy (non-hydrogen) atoms. The lowest BCUT2D eigenvalue weighted by Gasteiger charge is -2.12. The predicted molar refractivity (Wildman–Crippen MR) is 68.6 cm³/mol. The fourth-order valence-electron chi connectivity index (χ4n) is 1.62. The summed E-state index contributed by atoms with van der Waals surface area (Å²) in [7, 11) is 0. The van der Waals surface area contributed by atoms with E-state index < -0.39 is 11.9 Å². The van der Waals surface area contributed by atoms with Crippen molar-refractivity contribution in [1.29, 1.82) is 0 Å². The molecule has 0 radical (unpaired) electrons. The molecule has 0 heterocycles. The average Bonchev–Trinajstić information content (AvgIpc) is 2.24. The third-order valence-corrected chi connectivity index (χ3v) is 2.94. The molecule has 0 amide bonds. The quantitative estimate of drug-likeness (QED) is 0.633. The average molecular weight is 283 g/mol. The Balaban J connectivity index is 2.77. The van der Waals surface area contributed by atoms with Crippen molar-refractivity contribution < 1.29 is 9.90 Å². The summed E-state index contributed by atoms with van der Waals surface area (Å²) in [5.41, 5.74) is 0.853. The van der Waals surface area contributed by atoms with Gasteiger partial charge in [0, 0.05) is 4.47 Å². The molecule has 0 aliphatic carbocycles. The third-order valence-electron chi connectivity index (χ3n) is 2.45. The summed E-state index contributed by atoms with van der Waals surface area (Å²) in [6, 6.07) is 7.49. The number of rotatable bonds is 6. The predicted octanol–water partition coefficient (Wildman–Crippen LogP) is 3.97. The molecule has 2 nitrogen and oxygen atoms in total. The molecule has 1 aromatic carbocycles. The lowest BCUT2D eigenvalue weighted by atomic mass is 9.94. The molecule has 0 saturated carbocycles. The van der Waals surface area contributed by atoms with E-state index in [1.165, 1.54) is 0 Å². The van der Waals surface area contributed by atoms with Crippen LogP contribution >= 0.6 is 15.9 Å². The number of carboxylic acid groups (broad SMARTS) is 1. The molecule has 0 fully saturated rings. The van der Waals surface area contributed by atoms with Crippen LogP contribution in [0.4, 0.5) is 0 Å². The van der Waals surface area contributed by atoms with Crippen LogP contribution in [0.5, 0.6) is 0 Å². The van der Waals surface area contributed by atoms with Crippen molar-refractivity contribution in [3.63, 3.8) is 0 Å². The number of unbranched alkanes of at least 4 members (excludes halogenated alkanes) is 1. The standard InChI is InChI=1S/C13H15BrO2/c1-2-3-4-8-12(13(15)16)10-6-5-7-11(14)9-10/h2,5-7,9,12H,1,3-4,8H2,(H,15,16). The molecule has 0 aliphatic rings. The molecule has 3 heteroatoms. The number of hydrogen-bond donors (Lipinski definition) is 1. The van der Waals surface area contributed by atoms with Crippen molar-refractivity contribution in [2.45, 2.75) is 25.2 Å². The molecule has 1 atom stereocenters. The van der Waals surface area contributed by atoms with Crippen molar-refractivity contribution >= 4 is 21.9 Å². The van der Waals surface area contributed by atoms with Crippen LogP contribution in [0.25, 0.3) is 0 Å². The maximum absolute atomic E-state index is 11.2. The van der Waals surface area contributed by atoms with Crippen molar-refractivity contribution in [1.82, 2.24) is 0 Å². The zero-order chi connectivity index (χ0) is 12.0. The van der Waals surface area contributed by atoms with E-state index in [0.717, 1.165) is 22.9 Å². The molecule has 1 unspecified atom stereocenters. The minimum absolute atomic E-state index is 0.419. The summed E-state index contributed by atoms with van der Waals surface area (Å²) in [6.45, 7) is 3.63. The molecule has 0 aliphatic heterocycles. The molecule has 0 saturated heterocycles. The van der Waals surface area contributed by atoms with Crippen LogP contribution < -0.4 is 0 Å². The van der Waals surface area contributed by atoms with Crippen LogP contribution in [0.3, 0.4) is 0 Å². The maximum atomic E-state index is 11.2. The number of carboxylic acids is 1. The molecular formula is C13H15BrO2. The minimum atomic E-state index is -0.762. The summed E-state index contributed by atoms with van der Waals surface area (Å²) in [4.78, 5) is 11.2. The van der Waals surface area contributed by atoms with Crippen LogP contribution in [0.15, 0.2) is 41.4 Å². The SMILES string of the molecule is C=CCCCC(C(=O)O)c1cccc(Br)c1. The number of allylic oxidation sites excluding steroid dienone is 1. The third kappa shape index (κ3) is 3.81. The second kappa shape index (κ2) is 6.48. The second-order valence-electron chi connectivity index (χ2n) is 3.67. The Morgan fingerprint density at radius 1 is 1.56 bits per heavy atom. The van der Waals surface area contributed by atoms with Gasteiger partial charge in [0.25, 0.3) is 0 Å². The molecule has 0 bridgehead atoms. The van der Waals surface area contributed by atoms with Crippen molar-refractivity contribution in [2.75, 3.05) is 0 Å². The Bertz CT molecular complexity index is 374. The fraction of sp³-hybridized carbons (Fsp3) is 0.308. The zero-order valence-corrected chi connectivity index (χ0v) is 10.6. The Kier molecular flexibility index (Phi) is 5.26. The molecule has 0 spiro atoms. The second-order valence-corrected chi connectivity index (χ2v) is 4.58. The van der Waals surface area contributed by atoms with Gasteiger partial charge in [0.2, 0.25) is 0 Å². The van der Waals surface area contributed by atoms with E-state index in [1.54, 1.807) is 0 Å². The lowest BCUT2D eigenvalue weighted by Crippen LogP contribution is -2.11. The number of carbonyl (C=O) groups is 1. The first-order valence-electron chi connectivity index (χ1n) is 5.24. The van der Waals surface area contributed by atoms with Crippen molar-refractivity contribution in [2.24, 2.45) is 0 Å². The Hall–Kier alpha value is -1.09. The highest BCUT2D eigenvalue weighted by Crippen LogP contribution is 2.25. The first-order valence-corrected chi connectivity index (χ1v) is 6.03. The number of hydrogen-bond acceptors (Lipinski definition) is 1. The van der Waals surface area contributed by atoms with Gasteiger partial charge in [-0.1, -0.05) is 34.1 Å². The highest BCUT2D eigenvalue weighted by Gasteiger charge is 2.18. The van der Waals surface area contributed by atoms with Crippen molar-refractivity contribution in [3.8, 4) is 0 Å². The maximum Gasteiger partial charge on any atom is 0.310 e. The monoisotopic (exact) mass is 282 g/mol. The summed E-state index contributed by atoms with van der Waals surface area (Å²) < 4.78 is 0.917. The molecule has 1 aromatic rings. The van der Waals surface area contributed by atoms with E-state index in [1.807, 2.05) is 30.3 Å². The van der Waals surface area contributed by atoms with Crippen LogP contribution in [0.2, 0.25) is 0 Å². The van der Waals surface area contributed by atoms with Crippen LogP contribution in [0, 0.1) is 0 Å². The van der Waals surface area contributed by atoms with E-state index >= 15 is 0 Å². The number of aliphatic carboxylic acids is 1. The van der Waals surface area contributed by atoms with E-state index in [-0.39, 0.29) is 0 Å². The molecule has 86 valence electrons. The lowest BCUT2D eigenvalue weighted by molar-refractivity contribution is -0.139. The molecule has 1 rings (SSSR count). The molecule has 0 aromatic heterocycles. The normalized spacial score (nSPS) is 12.1. The highest BCUT2D eigenvalue weighted by molar-refractivity contribution is 9.10. The summed E-state index contributed by atoms with van der Waals surface area (Å²) in [6.07, 6.45) is 4.18. The summed E-state index contributed by atoms with van der Waals surface area (Å²) in [5.74, 6) is -1.18. The van der Waals surface area contributed by atoms with E-state index in [4.69, 9.17) is 0 Å². The fourth-order valence-corrected chi connectivity index (χ4v) is 2.04. The largest absolute Gasteiger partial charge is 0.481 e. The van der Waals surface area contributed by atoms with Crippen LogP contribution in [-0.2, 0) is 4.79 Å². The number of benzene rings is 1. The summed E-state index contributed by atoms with van der Waals surface area (Å²) >= 11 is 3.35. The van der Waals surface area contributed by atoms with Gasteiger partial charge in [0.05, 0.1) is 5.92 Å². The first kappa shape index (κ1) is 13.0. The van der Waals surface area contributed by atoms with E-state index in [9.17, 15) is 9.90 Å². The minimum Gasteiger partial charge on any atom is -0.481 e. The van der Waals surface area contributed by atoms with E-state index in [0.29, 0.717) is 6.42 Å². The number of halogens is 1. The molecular weight excluding hydrogens is 268 g/mol. The Morgan fingerprint density at radius 3 is 2.88 bits per heavy atom. The van der Waals surface area contributed by atoms with Gasteiger partial charge in [-0.25, -0.2) is 0 Å². The van der Waals surface area contributed by atoms with E-state index in [2.05, 4.69) is 22.5 Å². The first-order chi connectivity index (χ1) is 7.65. The van der Waals surface area contributed by atoms with Crippen LogP contribution in [-0.4, -0.2) is 11.1 Å².